The van der Waals surface area contributed by atoms with Crippen LogP contribution in [0.2, 0.25) is 0 Å². The minimum atomic E-state index is -0.565. The van der Waals surface area contributed by atoms with Gasteiger partial charge in [-0.25, -0.2) is 4.79 Å². The predicted octanol–water partition coefficient (Wildman–Crippen LogP) is 4.20. The van der Waals surface area contributed by atoms with Crippen molar-refractivity contribution in [3.8, 4) is 0 Å². The first-order valence-corrected chi connectivity index (χ1v) is 9.47. The Hall–Kier alpha value is -2.56. The van der Waals surface area contributed by atoms with Gasteiger partial charge < -0.3 is 9.64 Å². The highest BCUT2D eigenvalue weighted by Gasteiger charge is 2.37. The summed E-state index contributed by atoms with van der Waals surface area (Å²) in [5.41, 5.74) is 0.510. The van der Waals surface area contributed by atoms with Gasteiger partial charge in [0.05, 0.1) is 0 Å². The Balaban J connectivity index is 1.69. The van der Waals surface area contributed by atoms with Gasteiger partial charge in [-0.05, 0) is 56.0 Å². The number of likely N-dealkylation sites (tertiary alicyclic amines) is 1. The predicted molar refractivity (Wildman–Crippen MR) is 106 cm³/mol. The number of fused-ring (bicyclic) bond motifs is 1. The molecule has 0 radical (unpaired) electrons. The summed E-state index contributed by atoms with van der Waals surface area (Å²) in [7, 11) is 1.79. The maximum atomic E-state index is 13.0. The average molecular weight is 368 g/mol. The molecule has 5 nitrogen and oxygen atoms in total. The molecule has 1 heterocycles. The topological polar surface area (TPSA) is 49.9 Å². The number of likely N-dealkylation sites (N-methyl/N-ethyl adjacent to an activating group) is 1. The molecule has 0 bridgehead atoms. The van der Waals surface area contributed by atoms with Crippen molar-refractivity contribution in [3.05, 3.63) is 48.0 Å². The lowest BCUT2D eigenvalue weighted by Gasteiger charge is -2.30. The van der Waals surface area contributed by atoms with Gasteiger partial charge in [-0.3, -0.25) is 9.69 Å². The average Bonchev–Trinajstić information content (AvgIpc) is 3.09. The molecular weight excluding hydrogens is 340 g/mol. The largest absolute Gasteiger partial charge is 0.444 e. The Labute approximate surface area is 160 Å². The molecular formula is C22H28N2O3. The molecule has 144 valence electrons. The van der Waals surface area contributed by atoms with E-state index in [0.717, 1.165) is 17.4 Å². The van der Waals surface area contributed by atoms with Crippen LogP contribution in [0, 0.1) is 0 Å². The minimum absolute atomic E-state index is 0.0356. The van der Waals surface area contributed by atoms with Crippen molar-refractivity contribution in [2.24, 2.45) is 0 Å². The Kier molecular flexibility index (Phi) is 5.40. The summed E-state index contributed by atoms with van der Waals surface area (Å²) < 4.78 is 5.46. The summed E-state index contributed by atoms with van der Waals surface area (Å²) in [6, 6.07) is 14.0. The van der Waals surface area contributed by atoms with Crippen molar-refractivity contribution >= 4 is 22.8 Å². The SMILES string of the molecule is CN(Cc1ccc2ccccc2c1)C(=O)[C@@H]1CCCN1C(=O)OC(C)(C)C. The summed E-state index contributed by atoms with van der Waals surface area (Å²) in [6.45, 7) is 6.59. The molecule has 2 aromatic carbocycles. The van der Waals surface area contributed by atoms with Gasteiger partial charge in [-0.2, -0.15) is 0 Å². The molecule has 0 unspecified atom stereocenters. The van der Waals surface area contributed by atoms with Crippen LogP contribution in [0.1, 0.15) is 39.2 Å². The molecule has 0 saturated carbocycles. The number of hydrogen-bond acceptors (Lipinski definition) is 3. The van der Waals surface area contributed by atoms with E-state index in [2.05, 4.69) is 24.3 Å². The van der Waals surface area contributed by atoms with Crippen LogP contribution in [0.15, 0.2) is 42.5 Å². The van der Waals surface area contributed by atoms with Crippen LogP contribution in [0.3, 0.4) is 0 Å². The maximum absolute atomic E-state index is 13.0. The summed E-state index contributed by atoms with van der Waals surface area (Å²) in [5, 5.41) is 2.34. The Morgan fingerprint density at radius 3 is 2.56 bits per heavy atom. The van der Waals surface area contributed by atoms with Crippen LogP contribution in [-0.2, 0) is 16.1 Å². The first kappa shape index (κ1) is 19.2. The van der Waals surface area contributed by atoms with Crippen molar-refractivity contribution in [1.82, 2.24) is 9.80 Å². The Morgan fingerprint density at radius 1 is 1.15 bits per heavy atom. The molecule has 1 saturated heterocycles. The lowest BCUT2D eigenvalue weighted by molar-refractivity contribution is -0.135. The lowest BCUT2D eigenvalue weighted by Crippen LogP contribution is -2.47. The third-order valence-corrected chi connectivity index (χ3v) is 4.78. The normalized spacial score (nSPS) is 17.2. The Bertz CT molecular complexity index is 841. The molecule has 5 heteroatoms. The number of amides is 2. The van der Waals surface area contributed by atoms with Crippen LogP contribution in [0.4, 0.5) is 4.79 Å². The zero-order valence-corrected chi connectivity index (χ0v) is 16.6. The molecule has 1 aliphatic heterocycles. The zero-order valence-electron chi connectivity index (χ0n) is 16.6. The third kappa shape index (κ3) is 4.59. The lowest BCUT2D eigenvalue weighted by atomic mass is 10.1. The van der Waals surface area contributed by atoms with Crippen LogP contribution in [0.25, 0.3) is 10.8 Å². The first-order chi connectivity index (χ1) is 12.7. The second-order valence-electron chi connectivity index (χ2n) is 8.21. The van der Waals surface area contributed by atoms with Gasteiger partial charge in [0.2, 0.25) is 5.91 Å². The van der Waals surface area contributed by atoms with E-state index < -0.39 is 17.7 Å². The first-order valence-electron chi connectivity index (χ1n) is 9.47. The fourth-order valence-electron chi connectivity index (χ4n) is 3.51. The van der Waals surface area contributed by atoms with Crippen molar-refractivity contribution in [2.75, 3.05) is 13.6 Å². The molecule has 0 spiro atoms. The highest BCUT2D eigenvalue weighted by molar-refractivity contribution is 5.86. The fraction of sp³-hybridized carbons (Fsp3) is 0.455. The molecule has 0 N–H and O–H groups in total. The number of benzene rings is 2. The third-order valence-electron chi connectivity index (χ3n) is 4.78. The summed E-state index contributed by atoms with van der Waals surface area (Å²) in [4.78, 5) is 28.7. The summed E-state index contributed by atoms with van der Waals surface area (Å²) >= 11 is 0. The van der Waals surface area contributed by atoms with Gasteiger partial charge in [0.25, 0.3) is 0 Å². The van der Waals surface area contributed by atoms with Crippen molar-refractivity contribution in [2.45, 2.75) is 51.8 Å². The van der Waals surface area contributed by atoms with Gasteiger partial charge in [-0.15, -0.1) is 0 Å². The number of carbonyl (C=O) groups is 2. The van der Waals surface area contributed by atoms with Crippen molar-refractivity contribution in [3.63, 3.8) is 0 Å². The molecule has 27 heavy (non-hydrogen) atoms. The highest BCUT2D eigenvalue weighted by atomic mass is 16.6. The van der Waals surface area contributed by atoms with Gasteiger partial charge in [0.1, 0.15) is 11.6 Å². The maximum Gasteiger partial charge on any atom is 0.410 e. The van der Waals surface area contributed by atoms with E-state index in [-0.39, 0.29) is 5.91 Å². The Morgan fingerprint density at radius 2 is 1.85 bits per heavy atom. The smallest absolute Gasteiger partial charge is 0.410 e. The molecule has 1 fully saturated rings. The van der Waals surface area contributed by atoms with E-state index in [9.17, 15) is 9.59 Å². The monoisotopic (exact) mass is 368 g/mol. The number of nitrogens with zero attached hydrogens (tertiary/aromatic N) is 2. The van der Waals surface area contributed by atoms with E-state index in [1.807, 2.05) is 39.0 Å². The number of hydrogen-bond donors (Lipinski definition) is 0. The van der Waals surface area contributed by atoms with Crippen LogP contribution in [-0.4, -0.2) is 47.0 Å². The van der Waals surface area contributed by atoms with Gasteiger partial charge in [0, 0.05) is 20.1 Å². The van der Waals surface area contributed by atoms with Gasteiger partial charge in [0.15, 0.2) is 0 Å². The van der Waals surface area contributed by atoms with E-state index in [4.69, 9.17) is 4.74 Å². The van der Waals surface area contributed by atoms with Crippen LogP contribution < -0.4 is 0 Å². The molecule has 2 aromatic rings. The van der Waals surface area contributed by atoms with E-state index in [1.165, 1.54) is 5.39 Å². The van der Waals surface area contributed by atoms with Crippen molar-refractivity contribution in [1.29, 1.82) is 0 Å². The molecule has 2 amide bonds. The molecule has 3 rings (SSSR count). The quantitative estimate of drug-likeness (QED) is 0.816. The second-order valence-corrected chi connectivity index (χ2v) is 8.21. The standard InChI is InChI=1S/C22H28N2O3/c1-22(2,3)27-21(26)24-13-7-10-19(24)20(25)23(4)15-16-11-12-17-8-5-6-9-18(17)14-16/h5-6,8-9,11-12,14,19H,7,10,13,15H2,1-4H3/t19-/m0/s1. The number of carbonyl (C=O) groups excluding carboxylic acids is 2. The van der Waals surface area contributed by atoms with Crippen LogP contribution >= 0.6 is 0 Å². The van der Waals surface area contributed by atoms with E-state index in [1.54, 1.807) is 16.8 Å². The summed E-state index contributed by atoms with van der Waals surface area (Å²) in [5.74, 6) is -0.0356. The van der Waals surface area contributed by atoms with Gasteiger partial charge in [-0.1, -0.05) is 36.4 Å². The summed E-state index contributed by atoms with van der Waals surface area (Å²) in [6.07, 6.45) is 1.09. The molecule has 0 aromatic heterocycles. The van der Waals surface area contributed by atoms with E-state index >= 15 is 0 Å². The molecule has 1 atom stereocenters. The molecule has 1 aliphatic rings. The number of ether oxygens (including phenoxy) is 1. The van der Waals surface area contributed by atoms with Crippen LogP contribution in [0.5, 0.6) is 0 Å². The van der Waals surface area contributed by atoms with Crippen molar-refractivity contribution < 1.29 is 14.3 Å². The highest BCUT2D eigenvalue weighted by Crippen LogP contribution is 2.23. The zero-order chi connectivity index (χ0) is 19.6. The minimum Gasteiger partial charge on any atom is -0.444 e. The van der Waals surface area contributed by atoms with E-state index in [0.29, 0.717) is 19.5 Å². The second kappa shape index (κ2) is 7.59. The van der Waals surface area contributed by atoms with Gasteiger partial charge >= 0.3 is 6.09 Å². The fourth-order valence-corrected chi connectivity index (χ4v) is 3.51. The molecule has 0 aliphatic carbocycles. The number of rotatable bonds is 3.